The van der Waals surface area contributed by atoms with E-state index in [0.29, 0.717) is 0 Å². The van der Waals surface area contributed by atoms with Crippen molar-refractivity contribution in [2.24, 2.45) is 0 Å². The Balaban J connectivity index is 2.64. The van der Waals surface area contributed by atoms with Gasteiger partial charge in [0.05, 0.1) is 11.0 Å². The van der Waals surface area contributed by atoms with Crippen molar-refractivity contribution in [3.63, 3.8) is 0 Å². The lowest BCUT2D eigenvalue weighted by molar-refractivity contribution is 1.17. The average molecular weight is 188 g/mol. The molecule has 0 aliphatic carbocycles. The number of aryl methyl sites for hydroxylation is 1. The first-order chi connectivity index (χ1) is 6.34. The molecule has 0 saturated carbocycles. The molecule has 3 heteroatoms. The molecule has 3 aromatic rings. The summed E-state index contributed by atoms with van der Waals surface area (Å²) < 4.78 is 1.30. The van der Waals surface area contributed by atoms with Gasteiger partial charge in [-0.15, -0.1) is 11.3 Å². The summed E-state index contributed by atoms with van der Waals surface area (Å²) in [5.41, 5.74) is 2.22. The molecule has 0 radical (unpaired) electrons. The van der Waals surface area contributed by atoms with Crippen molar-refractivity contribution in [1.82, 2.24) is 9.97 Å². The van der Waals surface area contributed by atoms with E-state index in [2.05, 4.69) is 33.5 Å². The maximum atomic E-state index is 4.46. The van der Waals surface area contributed by atoms with Crippen LogP contribution < -0.4 is 0 Å². The number of benzene rings is 1. The van der Waals surface area contributed by atoms with Gasteiger partial charge in [-0.05, 0) is 30.5 Å². The first-order valence-corrected chi connectivity index (χ1v) is 5.05. The van der Waals surface area contributed by atoms with Gasteiger partial charge in [0.1, 0.15) is 5.82 Å². The Kier molecular flexibility index (Phi) is 1.27. The van der Waals surface area contributed by atoms with Crippen LogP contribution in [0.5, 0.6) is 0 Å². The number of fused-ring (bicyclic) bond motifs is 3. The van der Waals surface area contributed by atoms with Crippen molar-refractivity contribution in [3.8, 4) is 0 Å². The summed E-state index contributed by atoms with van der Waals surface area (Å²) in [7, 11) is 0. The fourth-order valence-electron chi connectivity index (χ4n) is 1.64. The minimum Gasteiger partial charge on any atom is -0.342 e. The van der Waals surface area contributed by atoms with Gasteiger partial charge in [-0.3, -0.25) is 0 Å². The van der Waals surface area contributed by atoms with Crippen LogP contribution in [-0.4, -0.2) is 9.97 Å². The molecule has 2 aromatic heterocycles. The highest BCUT2D eigenvalue weighted by molar-refractivity contribution is 7.17. The van der Waals surface area contributed by atoms with Crippen LogP contribution in [0.2, 0.25) is 0 Å². The summed E-state index contributed by atoms with van der Waals surface area (Å²) in [4.78, 5) is 7.70. The number of H-pyrrole nitrogens is 1. The van der Waals surface area contributed by atoms with Crippen LogP contribution in [0.4, 0.5) is 0 Å². The van der Waals surface area contributed by atoms with Crippen molar-refractivity contribution >= 4 is 32.5 Å². The predicted octanol–water partition coefficient (Wildman–Crippen LogP) is 3.09. The van der Waals surface area contributed by atoms with Gasteiger partial charge in [0, 0.05) is 10.1 Å². The van der Waals surface area contributed by atoms with Gasteiger partial charge in [-0.2, -0.15) is 0 Å². The lowest BCUT2D eigenvalue weighted by atomic mass is 10.2. The zero-order chi connectivity index (χ0) is 8.84. The van der Waals surface area contributed by atoms with Crippen molar-refractivity contribution in [3.05, 3.63) is 29.4 Å². The topological polar surface area (TPSA) is 28.7 Å². The first kappa shape index (κ1) is 7.09. The minimum absolute atomic E-state index is 0.980. The van der Waals surface area contributed by atoms with Crippen LogP contribution in [0.15, 0.2) is 23.6 Å². The molecular weight excluding hydrogens is 180 g/mol. The summed E-state index contributed by atoms with van der Waals surface area (Å²) in [5.74, 6) is 0.980. The van der Waals surface area contributed by atoms with Gasteiger partial charge in [-0.1, -0.05) is 0 Å². The third-order valence-corrected chi connectivity index (χ3v) is 3.08. The molecule has 1 aromatic carbocycles. The summed E-state index contributed by atoms with van der Waals surface area (Å²) in [6.07, 6.45) is 0. The molecule has 0 saturated heterocycles. The number of hydrogen-bond acceptors (Lipinski definition) is 2. The molecule has 3 rings (SSSR count). The van der Waals surface area contributed by atoms with Crippen LogP contribution in [0, 0.1) is 6.92 Å². The highest BCUT2D eigenvalue weighted by atomic mass is 32.1. The Morgan fingerprint density at radius 2 is 2.23 bits per heavy atom. The number of thiophene rings is 1. The lowest BCUT2D eigenvalue weighted by Crippen LogP contribution is -1.69. The number of nitrogens with one attached hydrogen (secondary N) is 1. The number of aromatic amines is 1. The van der Waals surface area contributed by atoms with Crippen molar-refractivity contribution in [2.75, 3.05) is 0 Å². The number of aromatic nitrogens is 2. The molecule has 13 heavy (non-hydrogen) atoms. The highest BCUT2D eigenvalue weighted by Crippen LogP contribution is 2.27. The van der Waals surface area contributed by atoms with Crippen LogP contribution in [0.1, 0.15) is 5.82 Å². The van der Waals surface area contributed by atoms with E-state index in [9.17, 15) is 0 Å². The maximum Gasteiger partial charge on any atom is 0.104 e. The third-order valence-electron chi connectivity index (χ3n) is 2.20. The van der Waals surface area contributed by atoms with Crippen molar-refractivity contribution in [1.29, 1.82) is 0 Å². The molecule has 64 valence electrons. The normalized spacial score (nSPS) is 11.5. The molecular formula is C10H8N2S. The SMILES string of the molecule is Cc1nc2c(ccc3sccc32)[nH]1. The van der Waals surface area contributed by atoms with Crippen molar-refractivity contribution < 1.29 is 0 Å². The smallest absolute Gasteiger partial charge is 0.104 e. The summed E-state index contributed by atoms with van der Waals surface area (Å²) in [5, 5.41) is 3.36. The van der Waals surface area contributed by atoms with Gasteiger partial charge in [0.2, 0.25) is 0 Å². The van der Waals surface area contributed by atoms with E-state index in [0.717, 1.165) is 16.9 Å². The van der Waals surface area contributed by atoms with Gasteiger partial charge in [0.25, 0.3) is 0 Å². The number of hydrogen-bond donors (Lipinski definition) is 1. The molecule has 0 atom stereocenters. The standard InChI is InChI=1S/C10H8N2S/c1-6-11-8-2-3-9-7(4-5-13-9)10(8)12-6/h2-5H,1H3,(H,11,12). The largest absolute Gasteiger partial charge is 0.342 e. The maximum absolute atomic E-state index is 4.46. The van der Waals surface area contributed by atoms with E-state index in [1.54, 1.807) is 11.3 Å². The Bertz CT molecular complexity index is 577. The fourth-order valence-corrected chi connectivity index (χ4v) is 2.43. The van der Waals surface area contributed by atoms with E-state index in [4.69, 9.17) is 0 Å². The van der Waals surface area contributed by atoms with E-state index in [1.807, 2.05) is 6.92 Å². The van der Waals surface area contributed by atoms with E-state index >= 15 is 0 Å². The third kappa shape index (κ3) is 0.906. The van der Waals surface area contributed by atoms with E-state index in [-0.39, 0.29) is 0 Å². The zero-order valence-corrected chi connectivity index (χ0v) is 7.98. The Morgan fingerprint density at radius 1 is 1.31 bits per heavy atom. The number of imidazole rings is 1. The minimum atomic E-state index is 0.980. The molecule has 0 aliphatic rings. The molecule has 0 amide bonds. The summed E-state index contributed by atoms with van der Waals surface area (Å²) in [6.45, 7) is 1.98. The van der Waals surface area contributed by atoms with Gasteiger partial charge >= 0.3 is 0 Å². The number of nitrogens with zero attached hydrogens (tertiary/aromatic N) is 1. The first-order valence-electron chi connectivity index (χ1n) is 4.17. The van der Waals surface area contributed by atoms with Crippen molar-refractivity contribution in [2.45, 2.75) is 6.92 Å². The average Bonchev–Trinajstić information content (AvgIpc) is 2.65. The van der Waals surface area contributed by atoms with E-state index < -0.39 is 0 Å². The molecule has 0 spiro atoms. The Labute approximate surface area is 79.2 Å². The van der Waals surface area contributed by atoms with E-state index in [1.165, 1.54) is 10.1 Å². The fraction of sp³-hybridized carbons (Fsp3) is 0.100. The summed E-state index contributed by atoms with van der Waals surface area (Å²) >= 11 is 1.76. The van der Waals surface area contributed by atoms with Gasteiger partial charge < -0.3 is 4.98 Å². The number of rotatable bonds is 0. The summed E-state index contributed by atoms with van der Waals surface area (Å²) in [6, 6.07) is 6.36. The predicted molar refractivity (Wildman–Crippen MR) is 56.2 cm³/mol. The molecule has 0 bridgehead atoms. The Morgan fingerprint density at radius 3 is 3.15 bits per heavy atom. The molecule has 0 unspecified atom stereocenters. The second-order valence-electron chi connectivity index (χ2n) is 3.12. The molecule has 0 aliphatic heterocycles. The monoisotopic (exact) mass is 188 g/mol. The Hall–Kier alpha value is -1.35. The second-order valence-corrected chi connectivity index (χ2v) is 4.06. The lowest BCUT2D eigenvalue weighted by Gasteiger charge is -1.89. The van der Waals surface area contributed by atoms with Crippen LogP contribution >= 0.6 is 11.3 Å². The quantitative estimate of drug-likeness (QED) is 0.577. The van der Waals surface area contributed by atoms with Crippen LogP contribution in [0.25, 0.3) is 21.1 Å². The van der Waals surface area contributed by atoms with Crippen LogP contribution in [-0.2, 0) is 0 Å². The molecule has 1 N–H and O–H groups in total. The van der Waals surface area contributed by atoms with Crippen LogP contribution in [0.3, 0.4) is 0 Å². The van der Waals surface area contributed by atoms with Gasteiger partial charge in [0.15, 0.2) is 0 Å². The highest BCUT2D eigenvalue weighted by Gasteiger charge is 2.04. The second kappa shape index (κ2) is 2.33. The molecule has 2 heterocycles. The molecule has 0 fully saturated rings. The molecule has 2 nitrogen and oxygen atoms in total. The van der Waals surface area contributed by atoms with Gasteiger partial charge in [-0.25, -0.2) is 4.98 Å². The zero-order valence-electron chi connectivity index (χ0n) is 7.16.